The second-order valence-corrected chi connectivity index (χ2v) is 6.00. The van der Waals surface area contributed by atoms with Gasteiger partial charge in [0.2, 0.25) is 0 Å². The Hall–Kier alpha value is -2.23. The maximum Gasteiger partial charge on any atom is 0.163 e. The molecule has 0 N–H and O–H groups in total. The van der Waals surface area contributed by atoms with Crippen molar-refractivity contribution in [3.63, 3.8) is 0 Å². The average molecular weight is 322 g/mol. The summed E-state index contributed by atoms with van der Waals surface area (Å²) >= 11 is 0. The van der Waals surface area contributed by atoms with Crippen LogP contribution in [-0.4, -0.2) is 33.2 Å². The molecule has 0 aromatic heterocycles. The van der Waals surface area contributed by atoms with Crippen LogP contribution in [0.2, 0.25) is 0 Å². The quantitative estimate of drug-likeness (QED) is 0.720. The number of benzene rings is 2. The van der Waals surface area contributed by atoms with Gasteiger partial charge in [-0.2, -0.15) is 0 Å². The Morgan fingerprint density at radius 3 is 2.29 bits per heavy atom. The zero-order chi connectivity index (χ0) is 16.9. The van der Waals surface area contributed by atoms with Gasteiger partial charge in [0, 0.05) is 32.1 Å². The second kappa shape index (κ2) is 7.56. The van der Waals surface area contributed by atoms with E-state index in [1.165, 1.54) is 11.1 Å². The van der Waals surface area contributed by atoms with E-state index in [0.717, 1.165) is 16.7 Å². The molecule has 0 amide bonds. The first-order chi connectivity index (χ1) is 11.8. The molecule has 124 valence electrons. The van der Waals surface area contributed by atoms with Gasteiger partial charge in [0.1, 0.15) is 0 Å². The molecule has 1 aliphatic rings. The van der Waals surface area contributed by atoms with Gasteiger partial charge >= 0.3 is 0 Å². The molecule has 1 aliphatic carbocycles. The third-order valence-corrected chi connectivity index (χ3v) is 4.54. The number of hydrogen-bond donors (Lipinski definition) is 0. The summed E-state index contributed by atoms with van der Waals surface area (Å²) in [4.78, 5) is 12.7. The van der Waals surface area contributed by atoms with Crippen molar-refractivity contribution in [1.29, 1.82) is 0 Å². The fraction of sp³-hybridized carbons (Fsp3) is 0.286. The lowest BCUT2D eigenvalue weighted by atomic mass is 9.89. The standard InChI is InChI=1S/C21H22O3/c1-23-13-19-17-11-7-6-10-16(17)18(20(19)14-24-2)12-21(22)15-8-4-3-5-9-15/h3-11,18H,12-14H2,1-2H3. The molecule has 0 aliphatic heterocycles. The number of carbonyl (C=O) groups is 1. The van der Waals surface area contributed by atoms with Crippen molar-refractivity contribution in [1.82, 2.24) is 0 Å². The minimum Gasteiger partial charge on any atom is -0.380 e. The van der Waals surface area contributed by atoms with Gasteiger partial charge in [-0.3, -0.25) is 4.79 Å². The lowest BCUT2D eigenvalue weighted by Crippen LogP contribution is -2.11. The fourth-order valence-corrected chi connectivity index (χ4v) is 3.47. The maximum atomic E-state index is 12.7. The molecule has 0 spiro atoms. The van der Waals surface area contributed by atoms with E-state index in [2.05, 4.69) is 12.1 Å². The van der Waals surface area contributed by atoms with Crippen LogP contribution in [0.25, 0.3) is 5.57 Å². The minimum absolute atomic E-state index is 0.0546. The first-order valence-corrected chi connectivity index (χ1v) is 8.13. The van der Waals surface area contributed by atoms with Crippen LogP contribution in [0, 0.1) is 0 Å². The highest BCUT2D eigenvalue weighted by Crippen LogP contribution is 2.44. The molecule has 0 saturated heterocycles. The van der Waals surface area contributed by atoms with E-state index in [0.29, 0.717) is 19.6 Å². The van der Waals surface area contributed by atoms with E-state index in [1.54, 1.807) is 14.2 Å². The van der Waals surface area contributed by atoms with Crippen molar-refractivity contribution >= 4 is 11.4 Å². The molecule has 0 saturated carbocycles. The number of carbonyl (C=O) groups excluding carboxylic acids is 1. The summed E-state index contributed by atoms with van der Waals surface area (Å²) in [5, 5.41) is 0. The summed E-state index contributed by atoms with van der Waals surface area (Å²) in [5.74, 6) is 0.210. The number of methoxy groups -OCH3 is 2. The zero-order valence-corrected chi connectivity index (χ0v) is 14.1. The van der Waals surface area contributed by atoms with Crippen LogP contribution in [0.3, 0.4) is 0 Å². The molecule has 0 radical (unpaired) electrons. The summed E-state index contributed by atoms with van der Waals surface area (Å²) in [5.41, 5.74) is 5.44. The number of fused-ring (bicyclic) bond motifs is 1. The Bertz CT molecular complexity index is 747. The zero-order valence-electron chi connectivity index (χ0n) is 14.1. The first-order valence-electron chi connectivity index (χ1n) is 8.13. The predicted molar refractivity (Wildman–Crippen MR) is 95.2 cm³/mol. The van der Waals surface area contributed by atoms with E-state index in [9.17, 15) is 4.79 Å². The normalized spacial score (nSPS) is 16.3. The van der Waals surface area contributed by atoms with E-state index in [-0.39, 0.29) is 11.7 Å². The van der Waals surface area contributed by atoms with Crippen LogP contribution < -0.4 is 0 Å². The molecule has 0 fully saturated rings. The van der Waals surface area contributed by atoms with Gasteiger partial charge in [-0.25, -0.2) is 0 Å². The maximum absolute atomic E-state index is 12.7. The molecule has 3 rings (SSSR count). The topological polar surface area (TPSA) is 35.5 Å². The largest absolute Gasteiger partial charge is 0.380 e. The van der Waals surface area contributed by atoms with Crippen molar-refractivity contribution in [2.45, 2.75) is 12.3 Å². The molecular weight excluding hydrogens is 300 g/mol. The summed E-state index contributed by atoms with van der Waals surface area (Å²) in [6.07, 6.45) is 0.451. The molecule has 2 aromatic rings. The monoisotopic (exact) mass is 322 g/mol. The number of Topliss-reactive ketones (excluding diaryl/α,β-unsaturated/α-hetero) is 1. The van der Waals surface area contributed by atoms with Crippen molar-refractivity contribution in [2.75, 3.05) is 27.4 Å². The SMILES string of the molecule is COCC1=C(COC)C(CC(=O)c2ccccc2)c2ccccc21. The summed E-state index contributed by atoms with van der Waals surface area (Å²) < 4.78 is 10.8. The number of ether oxygens (including phenoxy) is 2. The van der Waals surface area contributed by atoms with Crippen molar-refractivity contribution < 1.29 is 14.3 Å². The molecule has 24 heavy (non-hydrogen) atoms. The number of ketones is 1. The third kappa shape index (κ3) is 3.18. The first kappa shape index (κ1) is 16.6. The van der Waals surface area contributed by atoms with Crippen LogP contribution in [0.5, 0.6) is 0 Å². The van der Waals surface area contributed by atoms with Gasteiger partial charge in [0.15, 0.2) is 5.78 Å². The molecule has 0 bridgehead atoms. The molecular formula is C21H22O3. The second-order valence-electron chi connectivity index (χ2n) is 6.00. The van der Waals surface area contributed by atoms with Crippen molar-refractivity contribution in [3.05, 3.63) is 76.9 Å². The highest BCUT2D eigenvalue weighted by Gasteiger charge is 2.32. The summed E-state index contributed by atoms with van der Waals surface area (Å²) in [7, 11) is 3.39. The highest BCUT2D eigenvalue weighted by molar-refractivity contribution is 5.97. The molecule has 0 heterocycles. The van der Waals surface area contributed by atoms with E-state index in [4.69, 9.17) is 9.47 Å². The van der Waals surface area contributed by atoms with E-state index < -0.39 is 0 Å². The molecule has 3 nitrogen and oxygen atoms in total. The summed E-state index contributed by atoms with van der Waals surface area (Å²) in [6, 6.07) is 17.7. The highest BCUT2D eigenvalue weighted by atomic mass is 16.5. The number of hydrogen-bond acceptors (Lipinski definition) is 3. The predicted octanol–water partition coefficient (Wildman–Crippen LogP) is 4.10. The Morgan fingerprint density at radius 1 is 0.917 bits per heavy atom. The molecule has 1 atom stereocenters. The van der Waals surface area contributed by atoms with Crippen molar-refractivity contribution in [3.8, 4) is 0 Å². The fourth-order valence-electron chi connectivity index (χ4n) is 3.47. The number of rotatable bonds is 7. The lowest BCUT2D eigenvalue weighted by Gasteiger charge is -2.16. The smallest absolute Gasteiger partial charge is 0.163 e. The molecule has 3 heteroatoms. The van der Waals surface area contributed by atoms with Gasteiger partial charge in [-0.05, 0) is 22.3 Å². The van der Waals surface area contributed by atoms with Crippen LogP contribution in [-0.2, 0) is 9.47 Å². The van der Waals surface area contributed by atoms with Gasteiger partial charge < -0.3 is 9.47 Å². The average Bonchev–Trinajstić information content (AvgIpc) is 2.90. The van der Waals surface area contributed by atoms with Gasteiger partial charge in [0.05, 0.1) is 13.2 Å². The van der Waals surface area contributed by atoms with Gasteiger partial charge in [-0.1, -0.05) is 54.6 Å². The van der Waals surface area contributed by atoms with Gasteiger partial charge in [-0.15, -0.1) is 0 Å². The Balaban J connectivity index is 1.96. The van der Waals surface area contributed by atoms with E-state index in [1.807, 2.05) is 42.5 Å². The Kier molecular flexibility index (Phi) is 5.24. The third-order valence-electron chi connectivity index (χ3n) is 4.54. The van der Waals surface area contributed by atoms with E-state index >= 15 is 0 Å². The summed E-state index contributed by atoms with van der Waals surface area (Å²) in [6.45, 7) is 1.05. The van der Waals surface area contributed by atoms with Gasteiger partial charge in [0.25, 0.3) is 0 Å². The van der Waals surface area contributed by atoms with Crippen molar-refractivity contribution in [2.24, 2.45) is 0 Å². The Morgan fingerprint density at radius 2 is 1.58 bits per heavy atom. The lowest BCUT2D eigenvalue weighted by molar-refractivity contribution is 0.0975. The van der Waals surface area contributed by atoms with Crippen LogP contribution in [0.4, 0.5) is 0 Å². The minimum atomic E-state index is 0.0546. The Labute approximate surface area is 142 Å². The van der Waals surface area contributed by atoms with Crippen LogP contribution in [0.1, 0.15) is 33.8 Å². The molecule has 2 aromatic carbocycles. The van der Waals surface area contributed by atoms with Crippen LogP contribution >= 0.6 is 0 Å². The molecule has 1 unspecified atom stereocenters. The van der Waals surface area contributed by atoms with Crippen LogP contribution in [0.15, 0.2) is 60.2 Å².